The van der Waals surface area contributed by atoms with Gasteiger partial charge in [-0.1, -0.05) is 42.5 Å². The van der Waals surface area contributed by atoms with Crippen LogP contribution in [0.1, 0.15) is 55.6 Å². The van der Waals surface area contributed by atoms with Crippen molar-refractivity contribution in [1.29, 1.82) is 0 Å². The van der Waals surface area contributed by atoms with Crippen molar-refractivity contribution in [3.8, 4) is 11.5 Å². The minimum Gasteiger partial charge on any atom is -0.496 e. The normalized spacial score (nSPS) is 18.0. The zero-order valence-corrected chi connectivity index (χ0v) is 29.2. The van der Waals surface area contributed by atoms with Crippen LogP contribution in [0, 0.1) is 0 Å². The predicted octanol–water partition coefficient (Wildman–Crippen LogP) is 6.91. The Morgan fingerprint density at radius 3 is 1.98 bits per heavy atom. The summed E-state index contributed by atoms with van der Waals surface area (Å²) in [7, 11) is 1.66. The van der Waals surface area contributed by atoms with Crippen LogP contribution in [-0.4, -0.2) is 72.4 Å². The van der Waals surface area contributed by atoms with E-state index < -0.39 is 24.0 Å². The van der Waals surface area contributed by atoms with Crippen LogP contribution in [0.15, 0.2) is 97.3 Å². The van der Waals surface area contributed by atoms with Crippen LogP contribution in [0.2, 0.25) is 0 Å². The van der Waals surface area contributed by atoms with Crippen LogP contribution in [0.25, 0.3) is 0 Å². The minimum absolute atomic E-state index is 0.210. The average Bonchev–Trinajstić information content (AvgIpc) is 3.11. The molecule has 266 valence electrons. The lowest BCUT2D eigenvalue weighted by molar-refractivity contribution is -0.210. The molecular formula is C39H47N3O8. The third kappa shape index (κ3) is 11.5. The number of methoxy groups -OCH3 is 1. The van der Waals surface area contributed by atoms with Crippen LogP contribution in [-0.2, 0) is 43.6 Å². The van der Waals surface area contributed by atoms with E-state index in [-0.39, 0.29) is 19.1 Å². The smallest absolute Gasteiger partial charge is 0.496 e. The highest BCUT2D eigenvalue weighted by Crippen LogP contribution is 2.35. The number of para-hydroxylation sites is 1. The van der Waals surface area contributed by atoms with Crippen LogP contribution in [0.4, 0.5) is 4.79 Å². The van der Waals surface area contributed by atoms with Gasteiger partial charge in [0.1, 0.15) is 17.1 Å². The Morgan fingerprint density at radius 1 is 0.780 bits per heavy atom. The van der Waals surface area contributed by atoms with Crippen molar-refractivity contribution in [2.45, 2.75) is 70.7 Å². The van der Waals surface area contributed by atoms with Crippen LogP contribution in [0.3, 0.4) is 0 Å². The molecule has 0 N–H and O–H groups in total. The third-order valence-corrected chi connectivity index (χ3v) is 7.92. The average molecular weight is 686 g/mol. The first-order valence-corrected chi connectivity index (χ1v) is 16.9. The molecule has 1 aliphatic rings. The van der Waals surface area contributed by atoms with Crippen LogP contribution >= 0.6 is 0 Å². The third-order valence-electron chi connectivity index (χ3n) is 7.92. The van der Waals surface area contributed by atoms with Crippen molar-refractivity contribution in [2.75, 3.05) is 33.4 Å². The summed E-state index contributed by atoms with van der Waals surface area (Å²) in [5.41, 5.74) is 2.90. The van der Waals surface area contributed by atoms with Gasteiger partial charge in [0.15, 0.2) is 0 Å². The summed E-state index contributed by atoms with van der Waals surface area (Å²) in [6.45, 7) is 8.08. The number of benzene rings is 2. The Balaban J connectivity index is 1.26. The van der Waals surface area contributed by atoms with E-state index in [0.29, 0.717) is 32.9 Å². The van der Waals surface area contributed by atoms with E-state index in [1.807, 2.05) is 84.9 Å². The highest BCUT2D eigenvalue weighted by atomic mass is 16.8. The van der Waals surface area contributed by atoms with Crippen molar-refractivity contribution >= 4 is 6.16 Å². The Labute approximate surface area is 294 Å². The van der Waals surface area contributed by atoms with E-state index in [9.17, 15) is 4.79 Å². The van der Waals surface area contributed by atoms with E-state index >= 15 is 0 Å². The largest absolute Gasteiger partial charge is 0.528 e. The second kappa shape index (κ2) is 18.4. The Bertz CT molecular complexity index is 1530. The number of carbonyl (C=O) groups excluding carboxylic acids is 1. The number of ether oxygens (including phenoxy) is 6. The molecule has 1 fully saturated rings. The molecule has 0 unspecified atom stereocenters. The van der Waals surface area contributed by atoms with E-state index in [0.717, 1.165) is 40.4 Å². The lowest BCUT2D eigenvalue weighted by Crippen LogP contribution is -2.53. The first-order valence-electron chi connectivity index (χ1n) is 16.9. The van der Waals surface area contributed by atoms with Gasteiger partial charge in [0.25, 0.3) is 0 Å². The maximum atomic E-state index is 12.7. The number of pyridine rings is 2. The van der Waals surface area contributed by atoms with Gasteiger partial charge in [0.05, 0.1) is 76.8 Å². The quantitative estimate of drug-likeness (QED) is 0.0907. The summed E-state index contributed by atoms with van der Waals surface area (Å²) in [4.78, 5) is 27.3. The standard InChI is InChI=1S/C39H47N3O8/c1-39(2,3)49-38(43)50-42-24-35(47-27-31-13-7-9-20-40-31)37(36(25-42)48-28-32-14-8-10-21-41-32)29-16-18-33(19-17-29)46-23-11-22-45-26-30-12-5-6-15-34(30)44-4/h5-10,12-21,35-37H,11,22-28H2,1-4H3/t35-,36+,37-. The summed E-state index contributed by atoms with van der Waals surface area (Å²) in [6.07, 6.45) is 2.58. The summed E-state index contributed by atoms with van der Waals surface area (Å²) in [5.74, 6) is 1.36. The molecule has 11 nitrogen and oxygen atoms in total. The second-order valence-electron chi connectivity index (χ2n) is 12.9. The molecule has 3 heterocycles. The molecule has 0 saturated carbocycles. The molecule has 2 aromatic carbocycles. The highest BCUT2D eigenvalue weighted by molar-refractivity contribution is 5.60. The summed E-state index contributed by atoms with van der Waals surface area (Å²) in [5, 5.41) is 1.56. The first-order chi connectivity index (χ1) is 24.3. The molecule has 1 aliphatic heterocycles. The van der Waals surface area contributed by atoms with Crippen LogP contribution < -0.4 is 9.47 Å². The molecule has 0 spiro atoms. The van der Waals surface area contributed by atoms with Gasteiger partial charge < -0.3 is 33.3 Å². The number of rotatable bonds is 16. The Kier molecular flexibility index (Phi) is 13.5. The van der Waals surface area contributed by atoms with Gasteiger partial charge in [-0.25, -0.2) is 4.79 Å². The van der Waals surface area contributed by atoms with Crippen molar-refractivity contribution in [1.82, 2.24) is 15.0 Å². The van der Waals surface area contributed by atoms with E-state index in [1.165, 1.54) is 0 Å². The molecule has 0 aliphatic carbocycles. The van der Waals surface area contributed by atoms with Crippen LogP contribution in [0.5, 0.6) is 11.5 Å². The topological polar surface area (TPSA) is 111 Å². The van der Waals surface area contributed by atoms with Gasteiger partial charge in [-0.3, -0.25) is 9.97 Å². The van der Waals surface area contributed by atoms with Crippen molar-refractivity contribution < 1.29 is 38.1 Å². The first kappa shape index (κ1) is 36.7. The number of piperidine rings is 1. The molecular weight excluding hydrogens is 638 g/mol. The van der Waals surface area contributed by atoms with Gasteiger partial charge in [0.2, 0.25) is 0 Å². The van der Waals surface area contributed by atoms with Crippen molar-refractivity contribution in [2.24, 2.45) is 0 Å². The molecule has 0 bridgehead atoms. The van der Waals surface area contributed by atoms with Gasteiger partial charge in [-0.2, -0.15) is 0 Å². The number of hydroxylamine groups is 2. The van der Waals surface area contributed by atoms with Gasteiger partial charge >= 0.3 is 6.16 Å². The fourth-order valence-electron chi connectivity index (χ4n) is 5.63. The molecule has 5 rings (SSSR count). The molecule has 11 heteroatoms. The van der Waals surface area contributed by atoms with Crippen molar-refractivity contribution in [3.63, 3.8) is 0 Å². The Hall–Kier alpha value is -4.55. The van der Waals surface area contributed by atoms with Gasteiger partial charge in [-0.05, 0) is 68.8 Å². The van der Waals surface area contributed by atoms with E-state index in [2.05, 4.69) is 9.97 Å². The highest BCUT2D eigenvalue weighted by Gasteiger charge is 2.41. The maximum Gasteiger partial charge on any atom is 0.528 e. The Morgan fingerprint density at radius 2 is 1.40 bits per heavy atom. The minimum atomic E-state index is -0.783. The molecule has 2 aromatic heterocycles. The lowest BCUT2D eigenvalue weighted by atomic mass is 9.85. The zero-order valence-electron chi connectivity index (χ0n) is 29.2. The zero-order chi connectivity index (χ0) is 35.2. The number of aromatic nitrogens is 2. The molecule has 4 aromatic rings. The van der Waals surface area contributed by atoms with E-state index in [4.69, 9.17) is 33.3 Å². The van der Waals surface area contributed by atoms with Crippen molar-refractivity contribution in [3.05, 3.63) is 120 Å². The molecule has 1 saturated heterocycles. The summed E-state index contributed by atoms with van der Waals surface area (Å²) < 4.78 is 35.8. The fraction of sp³-hybridized carbons (Fsp3) is 0.410. The van der Waals surface area contributed by atoms with Gasteiger partial charge in [-0.15, -0.1) is 5.06 Å². The maximum absolute atomic E-state index is 12.7. The number of carbonyl (C=O) groups is 1. The molecule has 50 heavy (non-hydrogen) atoms. The van der Waals surface area contributed by atoms with E-state index in [1.54, 1.807) is 45.3 Å². The summed E-state index contributed by atoms with van der Waals surface area (Å²) in [6, 6.07) is 27.2. The fourth-order valence-corrected chi connectivity index (χ4v) is 5.63. The molecule has 0 amide bonds. The monoisotopic (exact) mass is 685 g/mol. The van der Waals surface area contributed by atoms with Gasteiger partial charge in [0, 0.05) is 30.3 Å². The predicted molar refractivity (Wildman–Crippen MR) is 186 cm³/mol. The number of hydrogen-bond donors (Lipinski definition) is 0. The molecule has 3 atom stereocenters. The number of hydrogen-bond acceptors (Lipinski definition) is 11. The number of nitrogens with zero attached hydrogens (tertiary/aromatic N) is 3. The summed E-state index contributed by atoms with van der Waals surface area (Å²) >= 11 is 0. The molecule has 0 radical (unpaired) electrons. The second-order valence-corrected chi connectivity index (χ2v) is 12.9. The SMILES string of the molecule is COc1ccccc1COCCCOc1ccc([C@H]2[C@@H](OCc3ccccn3)CN(OC(=O)OC(C)(C)C)C[C@H]2OCc2ccccn2)cc1. The lowest BCUT2D eigenvalue weighted by Gasteiger charge is -2.42.